The van der Waals surface area contributed by atoms with Crippen LogP contribution in [0.5, 0.6) is 23.3 Å². The third-order valence-corrected chi connectivity index (χ3v) is 4.56. The van der Waals surface area contributed by atoms with E-state index in [-0.39, 0.29) is 11.7 Å². The number of benzene rings is 2. The highest BCUT2D eigenvalue weighted by Gasteiger charge is 2.23. The van der Waals surface area contributed by atoms with Gasteiger partial charge >= 0.3 is 0 Å². The predicted octanol–water partition coefficient (Wildman–Crippen LogP) is 4.00. The molecule has 1 aromatic heterocycles. The molecule has 0 saturated heterocycles. The molecule has 1 aliphatic rings. The van der Waals surface area contributed by atoms with Crippen LogP contribution in [0.4, 0.5) is 0 Å². The average Bonchev–Trinajstić information content (AvgIpc) is 3.10. The summed E-state index contributed by atoms with van der Waals surface area (Å²) in [6.45, 7) is 5.31. The van der Waals surface area contributed by atoms with Crippen molar-refractivity contribution < 1.29 is 14.2 Å². The van der Waals surface area contributed by atoms with Crippen LogP contribution in [0.1, 0.15) is 25.3 Å². The van der Waals surface area contributed by atoms with Gasteiger partial charge in [-0.2, -0.15) is 4.98 Å². The van der Waals surface area contributed by atoms with E-state index in [0.717, 1.165) is 17.2 Å². The van der Waals surface area contributed by atoms with Crippen molar-refractivity contribution in [2.24, 2.45) is 0 Å². The number of aromatic nitrogens is 2. The molecule has 0 saturated carbocycles. The maximum Gasteiger partial charge on any atom is 0.300 e. The van der Waals surface area contributed by atoms with E-state index in [9.17, 15) is 4.79 Å². The summed E-state index contributed by atoms with van der Waals surface area (Å²) in [7, 11) is 0. The van der Waals surface area contributed by atoms with Gasteiger partial charge in [0.1, 0.15) is 23.9 Å². The molecule has 6 heteroatoms. The Hall–Kier alpha value is -3.28. The molecule has 0 radical (unpaired) electrons. The SMILES string of the molecule is CC(C)c1ccc(Oc2ccc(OC[C@@H]3Cn4ccc(=O)nc4O3)cc2)cc1. The lowest BCUT2D eigenvalue weighted by molar-refractivity contribution is 0.143. The largest absolute Gasteiger partial charge is 0.490 e. The molecule has 2 heterocycles. The van der Waals surface area contributed by atoms with Crippen molar-refractivity contribution in [3.05, 3.63) is 76.7 Å². The maximum atomic E-state index is 11.3. The first kappa shape index (κ1) is 18.1. The summed E-state index contributed by atoms with van der Waals surface area (Å²) in [6, 6.07) is 17.4. The van der Waals surface area contributed by atoms with Gasteiger partial charge in [-0.1, -0.05) is 26.0 Å². The Morgan fingerprint density at radius 1 is 1.04 bits per heavy atom. The van der Waals surface area contributed by atoms with Crippen molar-refractivity contribution in [1.29, 1.82) is 0 Å². The summed E-state index contributed by atoms with van der Waals surface area (Å²) < 4.78 is 19.1. The van der Waals surface area contributed by atoms with Gasteiger partial charge in [-0.3, -0.25) is 9.36 Å². The molecule has 0 spiro atoms. The van der Waals surface area contributed by atoms with Crippen molar-refractivity contribution in [3.8, 4) is 23.3 Å². The lowest BCUT2D eigenvalue weighted by atomic mass is 10.0. The van der Waals surface area contributed by atoms with Crippen LogP contribution in [-0.4, -0.2) is 22.3 Å². The molecule has 2 aromatic carbocycles. The van der Waals surface area contributed by atoms with E-state index in [0.29, 0.717) is 25.1 Å². The second-order valence-electron chi connectivity index (χ2n) is 7.05. The summed E-state index contributed by atoms with van der Waals surface area (Å²) in [5.41, 5.74) is 0.981. The summed E-state index contributed by atoms with van der Waals surface area (Å²) in [5, 5.41) is 0. The van der Waals surface area contributed by atoms with Crippen LogP contribution < -0.4 is 19.8 Å². The smallest absolute Gasteiger partial charge is 0.300 e. The van der Waals surface area contributed by atoms with E-state index in [1.54, 1.807) is 10.8 Å². The molecular formula is C22H22N2O4. The van der Waals surface area contributed by atoms with Crippen molar-refractivity contribution in [2.45, 2.75) is 32.4 Å². The Kier molecular flexibility index (Phi) is 5.02. The molecule has 1 aliphatic heterocycles. The second kappa shape index (κ2) is 7.76. The summed E-state index contributed by atoms with van der Waals surface area (Å²) >= 11 is 0. The maximum absolute atomic E-state index is 11.3. The second-order valence-corrected chi connectivity index (χ2v) is 7.05. The fourth-order valence-corrected chi connectivity index (χ4v) is 2.99. The Morgan fingerprint density at radius 3 is 2.36 bits per heavy atom. The van der Waals surface area contributed by atoms with Gasteiger partial charge in [-0.05, 0) is 47.9 Å². The lowest BCUT2D eigenvalue weighted by Gasteiger charge is -2.12. The summed E-state index contributed by atoms with van der Waals surface area (Å²) in [6.07, 6.45) is 1.51. The van der Waals surface area contributed by atoms with Crippen molar-refractivity contribution in [2.75, 3.05) is 6.61 Å². The van der Waals surface area contributed by atoms with Gasteiger partial charge in [0, 0.05) is 12.3 Å². The monoisotopic (exact) mass is 378 g/mol. The van der Waals surface area contributed by atoms with Crippen LogP contribution in [0.2, 0.25) is 0 Å². The zero-order valence-electron chi connectivity index (χ0n) is 15.9. The molecule has 0 amide bonds. The molecule has 0 aliphatic carbocycles. The molecule has 6 nitrogen and oxygen atoms in total. The molecule has 0 fully saturated rings. The quantitative estimate of drug-likeness (QED) is 0.649. The molecule has 28 heavy (non-hydrogen) atoms. The number of nitrogens with zero attached hydrogens (tertiary/aromatic N) is 2. The summed E-state index contributed by atoms with van der Waals surface area (Å²) in [5.74, 6) is 2.78. The van der Waals surface area contributed by atoms with E-state index < -0.39 is 0 Å². The number of ether oxygens (including phenoxy) is 3. The Labute approximate surface area is 163 Å². The topological polar surface area (TPSA) is 62.6 Å². The van der Waals surface area contributed by atoms with Gasteiger partial charge in [0.05, 0.1) is 6.54 Å². The minimum Gasteiger partial charge on any atom is -0.490 e. The van der Waals surface area contributed by atoms with Crippen molar-refractivity contribution in [3.63, 3.8) is 0 Å². The lowest BCUT2D eigenvalue weighted by Crippen LogP contribution is -2.23. The Bertz CT molecular complexity index is 994. The van der Waals surface area contributed by atoms with Gasteiger partial charge in [0.15, 0.2) is 6.10 Å². The van der Waals surface area contributed by atoms with E-state index in [1.165, 1.54) is 11.6 Å². The highest BCUT2D eigenvalue weighted by molar-refractivity contribution is 5.36. The standard InChI is InChI=1S/C22H22N2O4/c1-15(2)16-3-5-18(6-4-16)27-19-9-7-17(8-10-19)26-14-20-13-24-12-11-21(25)23-22(24)28-20/h3-12,15,20H,13-14H2,1-2H3/t20-/m0/s1. The fraction of sp³-hybridized carbons (Fsp3) is 0.273. The Balaban J connectivity index is 1.31. The number of rotatable bonds is 6. The molecule has 0 N–H and O–H groups in total. The first-order chi connectivity index (χ1) is 13.6. The fourth-order valence-electron chi connectivity index (χ4n) is 2.99. The van der Waals surface area contributed by atoms with E-state index in [4.69, 9.17) is 14.2 Å². The van der Waals surface area contributed by atoms with E-state index in [2.05, 4.69) is 31.0 Å². The van der Waals surface area contributed by atoms with Crippen LogP contribution in [-0.2, 0) is 6.54 Å². The van der Waals surface area contributed by atoms with E-state index in [1.807, 2.05) is 36.4 Å². The zero-order valence-corrected chi connectivity index (χ0v) is 15.9. The normalized spacial score (nSPS) is 15.2. The van der Waals surface area contributed by atoms with Crippen LogP contribution in [0, 0.1) is 0 Å². The minimum atomic E-state index is -0.303. The summed E-state index contributed by atoms with van der Waals surface area (Å²) in [4.78, 5) is 15.1. The van der Waals surface area contributed by atoms with Crippen molar-refractivity contribution in [1.82, 2.24) is 9.55 Å². The third kappa shape index (κ3) is 4.17. The molecule has 1 atom stereocenters. The highest BCUT2D eigenvalue weighted by atomic mass is 16.6. The minimum absolute atomic E-state index is 0.176. The molecular weight excluding hydrogens is 356 g/mol. The zero-order chi connectivity index (χ0) is 19.5. The first-order valence-corrected chi connectivity index (χ1v) is 9.31. The highest BCUT2D eigenvalue weighted by Crippen LogP contribution is 2.26. The van der Waals surface area contributed by atoms with E-state index >= 15 is 0 Å². The molecule has 144 valence electrons. The molecule has 0 unspecified atom stereocenters. The van der Waals surface area contributed by atoms with Crippen LogP contribution >= 0.6 is 0 Å². The van der Waals surface area contributed by atoms with Gasteiger partial charge in [-0.25, -0.2) is 0 Å². The number of hydrogen-bond donors (Lipinski definition) is 0. The van der Waals surface area contributed by atoms with Gasteiger partial charge in [0.25, 0.3) is 11.6 Å². The van der Waals surface area contributed by atoms with Gasteiger partial charge < -0.3 is 14.2 Å². The first-order valence-electron chi connectivity index (χ1n) is 9.31. The predicted molar refractivity (Wildman–Crippen MR) is 105 cm³/mol. The molecule has 0 bridgehead atoms. The number of hydrogen-bond acceptors (Lipinski definition) is 5. The molecule has 4 rings (SSSR count). The van der Waals surface area contributed by atoms with Crippen molar-refractivity contribution >= 4 is 0 Å². The number of fused-ring (bicyclic) bond motifs is 1. The average molecular weight is 378 g/mol. The molecule has 3 aromatic rings. The van der Waals surface area contributed by atoms with Gasteiger partial charge in [0.2, 0.25) is 0 Å². The Morgan fingerprint density at radius 2 is 1.68 bits per heavy atom. The van der Waals surface area contributed by atoms with Crippen LogP contribution in [0.25, 0.3) is 0 Å². The third-order valence-electron chi connectivity index (χ3n) is 4.56. The van der Waals surface area contributed by atoms with Crippen LogP contribution in [0.3, 0.4) is 0 Å². The van der Waals surface area contributed by atoms with Crippen LogP contribution in [0.15, 0.2) is 65.6 Å². The van der Waals surface area contributed by atoms with Gasteiger partial charge in [-0.15, -0.1) is 0 Å².